The van der Waals surface area contributed by atoms with Gasteiger partial charge in [0.1, 0.15) is 25.3 Å². The van der Waals surface area contributed by atoms with E-state index < -0.39 is 0 Å². The van der Waals surface area contributed by atoms with Gasteiger partial charge in [0.25, 0.3) is 5.91 Å². The third-order valence-corrected chi connectivity index (χ3v) is 3.70. The summed E-state index contributed by atoms with van der Waals surface area (Å²) in [5.41, 5.74) is 1.14. The minimum atomic E-state index is 0.0546. The Morgan fingerprint density at radius 1 is 1.30 bits per heavy atom. The number of hydrogen-bond acceptors (Lipinski definition) is 2. The molecular formula is C16H25N2O2+. The van der Waals surface area contributed by atoms with Crippen LogP contribution in [0.5, 0.6) is 0 Å². The number of quaternary nitrogens is 1. The van der Waals surface area contributed by atoms with Crippen LogP contribution < -0.4 is 10.2 Å². The summed E-state index contributed by atoms with van der Waals surface area (Å²) in [4.78, 5) is 13.4. The Balaban J connectivity index is 1.83. The Morgan fingerprint density at radius 2 is 1.90 bits per heavy atom. The topological polar surface area (TPSA) is 42.8 Å². The van der Waals surface area contributed by atoms with Crippen LogP contribution in [0.2, 0.25) is 0 Å². The van der Waals surface area contributed by atoms with Crippen molar-refractivity contribution in [3.05, 3.63) is 35.9 Å². The lowest BCUT2D eigenvalue weighted by Crippen LogP contribution is -3.16. The van der Waals surface area contributed by atoms with Crippen molar-refractivity contribution in [3.63, 3.8) is 0 Å². The van der Waals surface area contributed by atoms with Crippen molar-refractivity contribution in [2.24, 2.45) is 0 Å². The molecule has 1 amide bonds. The van der Waals surface area contributed by atoms with Crippen LogP contribution in [0.1, 0.15) is 32.4 Å². The van der Waals surface area contributed by atoms with E-state index >= 15 is 0 Å². The number of ether oxygens (including phenoxy) is 1. The van der Waals surface area contributed by atoms with Crippen molar-refractivity contribution >= 4 is 5.91 Å². The van der Waals surface area contributed by atoms with Gasteiger partial charge in [0.15, 0.2) is 6.54 Å². The van der Waals surface area contributed by atoms with Gasteiger partial charge < -0.3 is 15.0 Å². The first kappa shape index (κ1) is 15.0. The highest BCUT2D eigenvalue weighted by molar-refractivity contribution is 5.77. The summed E-state index contributed by atoms with van der Waals surface area (Å²) in [5, 5.41) is 3.07. The number of nitrogens with one attached hydrogen (secondary N) is 2. The number of hydrogen-bond donors (Lipinski definition) is 2. The maximum absolute atomic E-state index is 12.1. The standard InChI is InChI=1S/C16H24N2O2/c1-12-9-18(10-13(2)20-12)11-16(19)17-14(3)15-7-5-4-6-8-15/h4-8,12-14H,9-11H2,1-3H3,(H,17,19)/p+1/t12-,13-,14+/m1/s1. The first-order chi connectivity index (χ1) is 9.54. The molecule has 4 nitrogen and oxygen atoms in total. The highest BCUT2D eigenvalue weighted by Gasteiger charge is 2.27. The molecule has 0 aromatic heterocycles. The molecule has 1 aliphatic rings. The summed E-state index contributed by atoms with van der Waals surface area (Å²) >= 11 is 0. The number of carbonyl (C=O) groups excluding carboxylic acids is 1. The summed E-state index contributed by atoms with van der Waals surface area (Å²) in [7, 11) is 0. The van der Waals surface area contributed by atoms with Crippen molar-refractivity contribution in [1.29, 1.82) is 0 Å². The van der Waals surface area contributed by atoms with Gasteiger partial charge in [-0.25, -0.2) is 0 Å². The fraction of sp³-hybridized carbons (Fsp3) is 0.562. The molecule has 1 heterocycles. The molecule has 2 rings (SSSR count). The molecule has 0 aliphatic carbocycles. The molecular weight excluding hydrogens is 252 g/mol. The van der Waals surface area contributed by atoms with Crippen LogP contribution in [0.4, 0.5) is 0 Å². The van der Waals surface area contributed by atoms with E-state index in [4.69, 9.17) is 4.74 Å². The van der Waals surface area contributed by atoms with Crippen molar-refractivity contribution in [3.8, 4) is 0 Å². The van der Waals surface area contributed by atoms with Gasteiger partial charge in [-0.3, -0.25) is 4.79 Å². The maximum atomic E-state index is 12.1. The molecule has 110 valence electrons. The van der Waals surface area contributed by atoms with Crippen LogP contribution in [0.15, 0.2) is 30.3 Å². The number of amides is 1. The van der Waals surface area contributed by atoms with Crippen LogP contribution in [-0.2, 0) is 9.53 Å². The van der Waals surface area contributed by atoms with Crippen LogP contribution >= 0.6 is 0 Å². The predicted molar refractivity (Wildman–Crippen MR) is 78.6 cm³/mol. The van der Waals surface area contributed by atoms with E-state index in [9.17, 15) is 4.79 Å². The third-order valence-electron chi connectivity index (χ3n) is 3.70. The molecule has 0 saturated carbocycles. The summed E-state index contributed by atoms with van der Waals surface area (Å²) in [6, 6.07) is 10.1. The smallest absolute Gasteiger partial charge is 0.275 e. The van der Waals surface area contributed by atoms with Crippen molar-refractivity contribution < 1.29 is 14.4 Å². The number of morpholine rings is 1. The Hall–Kier alpha value is -1.39. The average molecular weight is 277 g/mol. The monoisotopic (exact) mass is 277 g/mol. The molecule has 4 heteroatoms. The van der Waals surface area contributed by atoms with Crippen LogP contribution in [-0.4, -0.2) is 37.7 Å². The molecule has 0 spiro atoms. The van der Waals surface area contributed by atoms with Gasteiger partial charge in [0, 0.05) is 0 Å². The van der Waals surface area contributed by atoms with Gasteiger partial charge in [0.2, 0.25) is 0 Å². The number of carbonyl (C=O) groups is 1. The number of rotatable bonds is 4. The average Bonchev–Trinajstić information content (AvgIpc) is 2.38. The molecule has 20 heavy (non-hydrogen) atoms. The summed E-state index contributed by atoms with van der Waals surface area (Å²) < 4.78 is 5.70. The summed E-state index contributed by atoms with van der Waals surface area (Å²) in [6.45, 7) is 8.48. The third kappa shape index (κ3) is 4.32. The predicted octanol–water partition coefficient (Wildman–Crippen LogP) is 0.556. The summed E-state index contributed by atoms with van der Waals surface area (Å²) in [6.07, 6.45) is 0.459. The number of benzene rings is 1. The van der Waals surface area contributed by atoms with Gasteiger partial charge in [-0.1, -0.05) is 30.3 Å². The fourth-order valence-corrected chi connectivity index (χ4v) is 2.88. The van der Waals surface area contributed by atoms with E-state index in [0.29, 0.717) is 6.54 Å². The Bertz CT molecular complexity index is 425. The quantitative estimate of drug-likeness (QED) is 0.844. The molecule has 2 N–H and O–H groups in total. The second-order valence-electron chi connectivity index (χ2n) is 5.79. The van der Waals surface area contributed by atoms with E-state index in [1.807, 2.05) is 37.3 Å². The zero-order chi connectivity index (χ0) is 14.5. The zero-order valence-corrected chi connectivity index (χ0v) is 12.6. The van der Waals surface area contributed by atoms with Gasteiger partial charge in [-0.2, -0.15) is 0 Å². The first-order valence-electron chi connectivity index (χ1n) is 7.38. The molecule has 1 aromatic carbocycles. The first-order valence-corrected chi connectivity index (χ1v) is 7.38. The van der Waals surface area contributed by atoms with E-state index in [-0.39, 0.29) is 24.2 Å². The molecule has 0 bridgehead atoms. The fourth-order valence-electron chi connectivity index (χ4n) is 2.88. The van der Waals surface area contributed by atoms with Crippen LogP contribution in [0, 0.1) is 0 Å². The van der Waals surface area contributed by atoms with E-state index in [1.165, 1.54) is 4.90 Å². The maximum Gasteiger partial charge on any atom is 0.275 e. The van der Waals surface area contributed by atoms with E-state index in [2.05, 4.69) is 19.2 Å². The SMILES string of the molecule is C[C@@H]1C[NH+](CC(=O)N[C@@H](C)c2ccccc2)C[C@@H](C)O1. The molecule has 3 atom stereocenters. The highest BCUT2D eigenvalue weighted by atomic mass is 16.5. The lowest BCUT2D eigenvalue weighted by atomic mass is 10.1. The molecule has 0 unspecified atom stereocenters. The van der Waals surface area contributed by atoms with Gasteiger partial charge in [-0.15, -0.1) is 0 Å². The normalized spacial score (nSPS) is 27.9. The van der Waals surface area contributed by atoms with Crippen LogP contribution in [0.25, 0.3) is 0 Å². The highest BCUT2D eigenvalue weighted by Crippen LogP contribution is 2.10. The molecule has 1 fully saturated rings. The lowest BCUT2D eigenvalue weighted by Gasteiger charge is -2.32. The Morgan fingerprint density at radius 3 is 2.50 bits per heavy atom. The van der Waals surface area contributed by atoms with Crippen molar-refractivity contribution in [1.82, 2.24) is 5.32 Å². The van der Waals surface area contributed by atoms with Gasteiger partial charge >= 0.3 is 0 Å². The zero-order valence-electron chi connectivity index (χ0n) is 12.6. The van der Waals surface area contributed by atoms with E-state index in [1.54, 1.807) is 0 Å². The molecule has 1 saturated heterocycles. The second-order valence-corrected chi connectivity index (χ2v) is 5.79. The van der Waals surface area contributed by atoms with Crippen molar-refractivity contribution in [2.45, 2.75) is 39.0 Å². The van der Waals surface area contributed by atoms with Gasteiger partial charge in [0.05, 0.1) is 6.04 Å². The molecule has 1 aliphatic heterocycles. The Labute approximate surface area is 121 Å². The minimum absolute atomic E-state index is 0.0546. The van der Waals surface area contributed by atoms with E-state index in [0.717, 1.165) is 18.7 Å². The molecule has 1 aromatic rings. The van der Waals surface area contributed by atoms with Gasteiger partial charge in [-0.05, 0) is 26.3 Å². The lowest BCUT2D eigenvalue weighted by molar-refractivity contribution is -0.907. The Kier molecular flexibility index (Phi) is 5.15. The molecule has 0 radical (unpaired) electrons. The second kappa shape index (κ2) is 6.86. The summed E-state index contributed by atoms with van der Waals surface area (Å²) in [5.74, 6) is 0.109. The largest absolute Gasteiger partial charge is 0.364 e. The van der Waals surface area contributed by atoms with Crippen LogP contribution in [0.3, 0.4) is 0 Å². The van der Waals surface area contributed by atoms with Crippen molar-refractivity contribution in [2.75, 3.05) is 19.6 Å². The minimum Gasteiger partial charge on any atom is -0.364 e.